The highest BCUT2D eigenvalue weighted by molar-refractivity contribution is 5.96. The van der Waals surface area contributed by atoms with E-state index in [2.05, 4.69) is 31.3 Å². The van der Waals surface area contributed by atoms with Gasteiger partial charge in [-0.1, -0.05) is 46.2 Å². The minimum atomic E-state index is -1.26. The van der Waals surface area contributed by atoms with E-state index in [1.165, 1.54) is 17.0 Å². The second-order valence-corrected chi connectivity index (χ2v) is 15.1. The van der Waals surface area contributed by atoms with E-state index >= 15 is 0 Å². The van der Waals surface area contributed by atoms with Gasteiger partial charge in [-0.25, -0.2) is 4.79 Å². The molecule has 0 saturated carbocycles. The highest BCUT2D eigenvalue weighted by Gasteiger charge is 2.40. The van der Waals surface area contributed by atoms with Crippen LogP contribution in [0.1, 0.15) is 84.6 Å². The number of nitrogens with zero attached hydrogens (tertiary/aromatic N) is 3. The molecule has 58 heavy (non-hydrogen) atoms. The number of carbonyl (C=O) groups is 6. The van der Waals surface area contributed by atoms with Crippen LogP contribution in [0.5, 0.6) is 5.75 Å². The summed E-state index contributed by atoms with van der Waals surface area (Å²) in [4.78, 5) is 90.1. The van der Waals surface area contributed by atoms with Crippen molar-refractivity contribution in [2.45, 2.75) is 122 Å². The Morgan fingerprint density at radius 2 is 1.40 bits per heavy atom. The monoisotopic (exact) mass is 816 g/mol. The average molecular weight is 817 g/mol. The first kappa shape index (κ1) is 48.5. The highest BCUT2D eigenvalue weighted by atomic mass is 16.4. The van der Waals surface area contributed by atoms with Gasteiger partial charge >= 0.3 is 5.97 Å². The summed E-state index contributed by atoms with van der Waals surface area (Å²) < 4.78 is 0. The van der Waals surface area contributed by atoms with Crippen LogP contribution in [-0.2, 0) is 35.2 Å². The van der Waals surface area contributed by atoms with Crippen LogP contribution < -0.4 is 49.9 Å². The van der Waals surface area contributed by atoms with E-state index < -0.39 is 77.7 Å². The Kier molecular flexibility index (Phi) is 20.2. The second-order valence-electron chi connectivity index (χ2n) is 15.1. The van der Waals surface area contributed by atoms with Crippen LogP contribution in [0.2, 0.25) is 0 Å². The van der Waals surface area contributed by atoms with Crippen molar-refractivity contribution in [1.29, 1.82) is 0 Å². The number of carbonyl (C=O) groups excluding carboxylic acids is 5. The van der Waals surface area contributed by atoms with E-state index in [0.29, 0.717) is 31.2 Å². The van der Waals surface area contributed by atoms with Crippen molar-refractivity contribution in [1.82, 2.24) is 26.2 Å². The molecule has 1 heterocycles. The predicted molar refractivity (Wildman–Crippen MR) is 219 cm³/mol. The molecule has 1 fully saturated rings. The number of benzene rings is 1. The zero-order valence-corrected chi connectivity index (χ0v) is 34.0. The summed E-state index contributed by atoms with van der Waals surface area (Å²) in [5, 5.41) is 30.4. The Balaban J connectivity index is 2.36. The van der Waals surface area contributed by atoms with E-state index in [1.807, 2.05) is 20.8 Å². The van der Waals surface area contributed by atoms with Crippen molar-refractivity contribution < 1.29 is 39.0 Å². The molecule has 7 atom stereocenters. The van der Waals surface area contributed by atoms with Crippen molar-refractivity contribution in [2.24, 2.45) is 50.5 Å². The number of carboxylic acid groups (broad SMARTS) is 1. The third-order valence-corrected chi connectivity index (χ3v) is 9.83. The van der Waals surface area contributed by atoms with Crippen LogP contribution in [0.25, 0.3) is 0 Å². The van der Waals surface area contributed by atoms with Gasteiger partial charge in [0.05, 0.1) is 6.04 Å². The molecule has 1 saturated heterocycles. The topological polar surface area (TPSA) is 349 Å². The number of guanidine groups is 2. The maximum Gasteiger partial charge on any atom is 0.326 e. The highest BCUT2D eigenvalue weighted by Crippen LogP contribution is 2.21. The summed E-state index contributed by atoms with van der Waals surface area (Å²) in [7, 11) is 0. The van der Waals surface area contributed by atoms with Crippen molar-refractivity contribution in [3.05, 3.63) is 29.8 Å². The number of aliphatic carboxylic acids is 1. The third kappa shape index (κ3) is 16.4. The smallest absolute Gasteiger partial charge is 0.326 e. The lowest BCUT2D eigenvalue weighted by Crippen LogP contribution is -2.60. The Hall–Kier alpha value is -5.66. The molecule has 0 spiro atoms. The van der Waals surface area contributed by atoms with Crippen molar-refractivity contribution in [3.63, 3.8) is 0 Å². The Labute approximate surface area is 339 Å². The minimum Gasteiger partial charge on any atom is -0.508 e. The van der Waals surface area contributed by atoms with E-state index in [4.69, 9.17) is 28.7 Å². The van der Waals surface area contributed by atoms with Gasteiger partial charge in [-0.15, -0.1) is 0 Å². The van der Waals surface area contributed by atoms with Crippen LogP contribution in [0, 0.1) is 11.8 Å². The summed E-state index contributed by atoms with van der Waals surface area (Å²) in [6.07, 6.45) is 2.36. The number of phenolic OH excluding ortho intramolecular Hbond substituents is 1. The number of amides is 5. The van der Waals surface area contributed by atoms with Crippen molar-refractivity contribution >= 4 is 47.4 Å². The molecule has 1 aromatic rings. The van der Waals surface area contributed by atoms with E-state index in [-0.39, 0.29) is 75.3 Å². The number of aromatic hydroxyl groups is 1. The van der Waals surface area contributed by atoms with Crippen LogP contribution in [0.15, 0.2) is 34.3 Å². The molecule has 1 aliphatic rings. The fourth-order valence-electron chi connectivity index (χ4n) is 6.45. The minimum absolute atomic E-state index is 0.0105. The van der Waals surface area contributed by atoms with Gasteiger partial charge in [-0.3, -0.25) is 34.0 Å². The first-order valence-electron chi connectivity index (χ1n) is 19.7. The fourth-order valence-corrected chi connectivity index (χ4v) is 6.45. The largest absolute Gasteiger partial charge is 0.508 e. The molecule has 0 bridgehead atoms. The molecule has 0 aliphatic carbocycles. The lowest BCUT2D eigenvalue weighted by atomic mass is 9.96. The molecule has 1 aliphatic heterocycles. The second kappa shape index (κ2) is 24.2. The predicted octanol–water partition coefficient (Wildman–Crippen LogP) is -1.52. The standard InChI is InChI=1S/C38H64N12O8/c1-5-22(4)30(34(55)48-28(36(57)58)19-21(2)3)49-32(53)27(20-23-12-14-24(51)15-13-23)47-33(54)29-11-8-18-50(29)35(56)26(10-7-17-45-38(42)43)46-31(52)25(39)9-6-16-44-37(40)41/h12-15,21-22,25-30,51H,5-11,16-20,39H2,1-4H3,(H,46,52)(H,47,54)(H,48,55)(H,49,53)(H,57,58)(H4,40,41,44)(H4,42,43,45)/t22-,25-,26-,27-,28+,29-,30-/m0/s1. The van der Waals surface area contributed by atoms with Gasteiger partial charge in [-0.2, -0.15) is 0 Å². The van der Waals surface area contributed by atoms with E-state index in [1.54, 1.807) is 19.1 Å². The molecular weight excluding hydrogens is 752 g/mol. The summed E-state index contributed by atoms with van der Waals surface area (Å²) >= 11 is 0. The van der Waals surface area contributed by atoms with Crippen molar-refractivity contribution in [3.8, 4) is 5.75 Å². The van der Waals surface area contributed by atoms with Gasteiger partial charge in [-0.05, 0) is 74.5 Å². The van der Waals surface area contributed by atoms with Crippen LogP contribution in [-0.4, -0.2) is 118 Å². The molecule has 20 nitrogen and oxygen atoms in total. The summed E-state index contributed by atoms with van der Waals surface area (Å²) in [5.74, 6) is -5.06. The summed E-state index contributed by atoms with van der Waals surface area (Å²) in [5.41, 5.74) is 28.3. The molecule has 0 unspecified atom stereocenters. The number of nitrogens with two attached hydrogens (primary N) is 5. The number of phenols is 1. The zero-order valence-electron chi connectivity index (χ0n) is 34.0. The SMILES string of the molecule is CC[C@H](C)[C@H](NC(=O)[C@H](Cc1ccc(O)cc1)NC(=O)[C@@H]1CCCN1C(=O)[C@H](CCCN=C(N)N)NC(=O)[C@@H](N)CCCN=C(N)N)C(=O)N[C@H](CC(C)C)C(=O)O. The Bertz CT molecular complexity index is 1600. The fraction of sp³-hybridized carbons (Fsp3) is 0.632. The maximum absolute atomic E-state index is 14.1. The molecular formula is C38H64N12O8. The van der Waals surface area contributed by atoms with Gasteiger partial charge < -0.3 is 65.0 Å². The number of likely N-dealkylation sites (tertiary alicyclic amines) is 1. The lowest BCUT2D eigenvalue weighted by molar-refractivity contribution is -0.143. The van der Waals surface area contributed by atoms with E-state index in [0.717, 1.165) is 0 Å². The van der Waals surface area contributed by atoms with Gasteiger partial charge in [0, 0.05) is 26.1 Å². The molecule has 1 aromatic carbocycles. The molecule has 0 radical (unpaired) electrons. The number of carboxylic acids is 1. The maximum atomic E-state index is 14.1. The average Bonchev–Trinajstić information content (AvgIpc) is 3.66. The zero-order chi connectivity index (χ0) is 43.5. The van der Waals surface area contributed by atoms with Crippen molar-refractivity contribution in [2.75, 3.05) is 19.6 Å². The van der Waals surface area contributed by atoms with Gasteiger partial charge in [0.1, 0.15) is 36.0 Å². The number of hydrogen-bond donors (Lipinski definition) is 11. The molecule has 2 rings (SSSR count). The van der Waals surface area contributed by atoms with Crippen LogP contribution >= 0.6 is 0 Å². The number of rotatable bonds is 24. The third-order valence-electron chi connectivity index (χ3n) is 9.83. The first-order valence-corrected chi connectivity index (χ1v) is 19.7. The Morgan fingerprint density at radius 3 is 1.95 bits per heavy atom. The first-order chi connectivity index (χ1) is 27.3. The van der Waals surface area contributed by atoms with Gasteiger partial charge in [0.15, 0.2) is 11.9 Å². The normalized spacial score (nSPS) is 16.8. The Morgan fingerprint density at radius 1 is 0.810 bits per heavy atom. The molecule has 5 amide bonds. The quantitative estimate of drug-likeness (QED) is 0.0321. The summed E-state index contributed by atoms with van der Waals surface area (Å²) in [6.45, 7) is 7.84. The number of aliphatic imine (C=N–C) groups is 2. The van der Waals surface area contributed by atoms with Crippen LogP contribution in [0.3, 0.4) is 0 Å². The summed E-state index contributed by atoms with van der Waals surface area (Å²) in [6, 6.07) is -0.652. The van der Waals surface area contributed by atoms with Gasteiger partial charge in [0.2, 0.25) is 29.5 Å². The molecule has 16 N–H and O–H groups in total. The lowest BCUT2D eigenvalue weighted by Gasteiger charge is -2.31. The van der Waals surface area contributed by atoms with E-state index in [9.17, 15) is 39.0 Å². The number of nitrogens with one attached hydrogen (secondary N) is 4. The number of hydrogen-bond acceptors (Lipinski definition) is 10. The molecule has 20 heteroatoms. The van der Waals surface area contributed by atoms with Gasteiger partial charge in [0.25, 0.3) is 0 Å². The van der Waals surface area contributed by atoms with Crippen LogP contribution in [0.4, 0.5) is 0 Å². The molecule has 0 aromatic heterocycles. The molecule has 324 valence electrons.